The van der Waals surface area contributed by atoms with Crippen LogP contribution in [0.1, 0.15) is 210 Å². The lowest BCUT2D eigenvalue weighted by molar-refractivity contribution is -0.167. The van der Waals surface area contributed by atoms with Gasteiger partial charge in [0.2, 0.25) is 0 Å². The van der Waals surface area contributed by atoms with E-state index >= 15 is 0 Å². The van der Waals surface area contributed by atoms with Crippen molar-refractivity contribution >= 4 is 0 Å². The molecule has 2 rings (SSSR count). The smallest absolute Gasteiger partial charge is 0.345 e. The quantitative estimate of drug-likeness (QED) is 0.183. The average molecular weight is 814 g/mol. The standard InChI is InChI=1S/C7H15N.C7H14O.C6H12F2O.2C6H14O.2C6H14.C5H12/c2*1-6(2)7-4-3-5-8-7;1-4(2)5(3)9-6(7)8;1-6(2)4-5-7-3;1-4-6(7)5(2)3;1-5(2)6(3)4;1-4-5-6(2)3;1-4-5(2)3/h6-8H,3-5H2,1-2H3;6-7H,3-5H2,1-2H3;4-6H,1-3H3;6H,4-5H2,1-3H3;5-7H,4H2,1-3H3;5-6H,1-4H3;6H,4-5H2,1-3H3;5H,4H2,1-3H3. The molecule has 0 aromatic carbocycles. The number of nitrogens with one attached hydrogen (secondary N) is 1. The summed E-state index contributed by atoms with van der Waals surface area (Å²) >= 11 is 0. The van der Waals surface area contributed by atoms with Crippen LogP contribution in [-0.4, -0.2) is 62.9 Å². The largest absolute Gasteiger partial charge is 0.393 e. The molecule has 0 saturated carbocycles. The van der Waals surface area contributed by atoms with Gasteiger partial charge in [-0.3, -0.25) is 0 Å². The van der Waals surface area contributed by atoms with Gasteiger partial charge in [-0.15, -0.1) is 0 Å². The maximum Gasteiger partial charge on any atom is 0.345 e. The second kappa shape index (κ2) is 47.3. The topological polar surface area (TPSA) is 60.0 Å². The summed E-state index contributed by atoms with van der Waals surface area (Å²) in [5.74, 6) is 6.39. The molecule has 0 aromatic heterocycles. The van der Waals surface area contributed by atoms with Gasteiger partial charge in [-0.2, -0.15) is 8.78 Å². The molecule has 2 saturated heterocycles. The van der Waals surface area contributed by atoms with Crippen LogP contribution in [0.15, 0.2) is 0 Å². The summed E-state index contributed by atoms with van der Waals surface area (Å²) in [6, 6.07) is 0.815. The molecule has 0 bridgehead atoms. The van der Waals surface area contributed by atoms with Gasteiger partial charge in [-0.25, -0.2) is 0 Å². The Morgan fingerprint density at radius 3 is 1.21 bits per heavy atom. The second-order valence-electron chi connectivity index (χ2n) is 19.0. The SMILES string of the molecule is CC(C)C(C)C.CC(C)C(C)OC(F)F.CC(C)C1CCCN1.CC(C)C1CCCO1.CCC(C)C.CCC(O)C(C)C.CCCC(C)C.COCCC(C)C. The Morgan fingerprint density at radius 2 is 1.11 bits per heavy atom. The third kappa shape index (κ3) is 62.8. The first-order valence-electron chi connectivity index (χ1n) is 23.2. The molecule has 348 valence electrons. The molecular weight excluding hydrogens is 705 g/mol. The van der Waals surface area contributed by atoms with Crippen molar-refractivity contribution < 1.29 is 28.1 Å². The lowest BCUT2D eigenvalue weighted by Crippen LogP contribution is -2.26. The van der Waals surface area contributed by atoms with Crippen LogP contribution in [0.5, 0.6) is 0 Å². The van der Waals surface area contributed by atoms with Crippen molar-refractivity contribution in [1.82, 2.24) is 5.32 Å². The highest BCUT2D eigenvalue weighted by atomic mass is 19.3. The molecule has 5 nitrogen and oxygen atoms in total. The summed E-state index contributed by atoms with van der Waals surface area (Å²) < 4.78 is 37.3. The third-order valence-corrected chi connectivity index (χ3v) is 9.97. The van der Waals surface area contributed by atoms with E-state index < -0.39 is 6.61 Å². The maximum absolute atomic E-state index is 11.4. The zero-order valence-electron chi connectivity index (χ0n) is 42.5. The van der Waals surface area contributed by atoms with Crippen LogP contribution in [0.3, 0.4) is 0 Å². The van der Waals surface area contributed by atoms with Gasteiger partial charge in [0.25, 0.3) is 0 Å². The summed E-state index contributed by atoms with van der Waals surface area (Å²) in [4.78, 5) is 0. The van der Waals surface area contributed by atoms with Gasteiger partial charge in [-0.1, -0.05) is 165 Å². The molecule has 4 atom stereocenters. The fourth-order valence-electron chi connectivity index (χ4n) is 4.13. The molecule has 7 heteroatoms. The van der Waals surface area contributed by atoms with Gasteiger partial charge in [0.1, 0.15) is 0 Å². The van der Waals surface area contributed by atoms with Crippen LogP contribution in [-0.2, 0) is 14.2 Å². The Balaban J connectivity index is -0.000000128. The van der Waals surface area contributed by atoms with E-state index in [1.165, 1.54) is 57.9 Å². The number of halogens is 2. The average Bonchev–Trinajstić information content (AvgIpc) is 3.85. The van der Waals surface area contributed by atoms with Crippen molar-refractivity contribution in [3.8, 4) is 0 Å². The number of alkyl halides is 2. The lowest BCUT2D eigenvalue weighted by Gasteiger charge is -2.14. The van der Waals surface area contributed by atoms with Crippen LogP contribution < -0.4 is 5.32 Å². The fourth-order valence-corrected chi connectivity index (χ4v) is 4.13. The third-order valence-electron chi connectivity index (χ3n) is 9.97. The summed E-state index contributed by atoms with van der Waals surface area (Å²) in [7, 11) is 1.74. The summed E-state index contributed by atoms with van der Waals surface area (Å²) in [5, 5.41) is 12.4. The van der Waals surface area contributed by atoms with E-state index in [4.69, 9.17) is 14.6 Å². The predicted molar refractivity (Wildman–Crippen MR) is 248 cm³/mol. The molecule has 4 unspecified atom stereocenters. The summed E-state index contributed by atoms with van der Waals surface area (Å²) in [5.41, 5.74) is 0. The molecule has 2 heterocycles. The van der Waals surface area contributed by atoms with E-state index in [1.54, 1.807) is 14.0 Å². The van der Waals surface area contributed by atoms with Crippen molar-refractivity contribution in [2.24, 2.45) is 53.3 Å². The fraction of sp³-hybridized carbons (Fsp3) is 1.00. The molecule has 2 aliphatic rings. The van der Waals surface area contributed by atoms with E-state index in [9.17, 15) is 8.78 Å². The Kier molecular flexibility index (Phi) is 57.0. The van der Waals surface area contributed by atoms with Gasteiger partial charge in [0.05, 0.1) is 18.3 Å². The van der Waals surface area contributed by atoms with Crippen molar-refractivity contribution in [3.63, 3.8) is 0 Å². The summed E-state index contributed by atoms with van der Waals surface area (Å²) in [6.45, 7) is 47.6. The Hall–Kier alpha value is -0.340. The molecule has 2 aliphatic heterocycles. The molecule has 0 aliphatic carbocycles. The van der Waals surface area contributed by atoms with Crippen molar-refractivity contribution in [1.29, 1.82) is 0 Å². The van der Waals surface area contributed by atoms with Crippen molar-refractivity contribution in [2.45, 2.75) is 241 Å². The Morgan fingerprint density at radius 1 is 0.625 bits per heavy atom. The second-order valence-corrected chi connectivity index (χ2v) is 19.0. The van der Waals surface area contributed by atoms with Gasteiger partial charge in [0.15, 0.2) is 0 Å². The van der Waals surface area contributed by atoms with Gasteiger partial charge < -0.3 is 24.6 Å². The summed E-state index contributed by atoms with van der Waals surface area (Å²) in [6.07, 6.45) is 11.5. The highest BCUT2D eigenvalue weighted by Gasteiger charge is 2.18. The van der Waals surface area contributed by atoms with Crippen molar-refractivity contribution in [2.75, 3.05) is 26.9 Å². The van der Waals surface area contributed by atoms with Crippen LogP contribution in [0.4, 0.5) is 8.78 Å². The van der Waals surface area contributed by atoms with Crippen LogP contribution in [0, 0.1) is 53.3 Å². The van der Waals surface area contributed by atoms with Crippen molar-refractivity contribution in [3.05, 3.63) is 0 Å². The van der Waals surface area contributed by atoms with E-state index in [2.05, 4.69) is 121 Å². The number of aliphatic hydroxyl groups excluding tert-OH is 1. The number of rotatable bonds is 14. The molecule has 0 amide bonds. The zero-order valence-corrected chi connectivity index (χ0v) is 42.5. The minimum Gasteiger partial charge on any atom is -0.393 e. The van der Waals surface area contributed by atoms with Crippen LogP contribution in [0.25, 0.3) is 0 Å². The normalized spacial score (nSPS) is 17.1. The lowest BCUT2D eigenvalue weighted by atomic mass is 10.0. The van der Waals surface area contributed by atoms with E-state index in [0.717, 1.165) is 67.1 Å². The highest BCUT2D eigenvalue weighted by Crippen LogP contribution is 2.19. The number of aliphatic hydroxyl groups is 1. The maximum atomic E-state index is 11.4. The molecule has 2 fully saturated rings. The van der Waals surface area contributed by atoms with Crippen LogP contribution in [0.2, 0.25) is 0 Å². The van der Waals surface area contributed by atoms with E-state index in [0.29, 0.717) is 12.0 Å². The molecule has 0 aromatic rings. The monoisotopic (exact) mass is 814 g/mol. The van der Waals surface area contributed by atoms with Gasteiger partial charge in [-0.05, 0) is 105 Å². The van der Waals surface area contributed by atoms with E-state index in [-0.39, 0.29) is 18.1 Å². The minimum atomic E-state index is -2.64. The molecule has 0 radical (unpaired) electrons. The van der Waals surface area contributed by atoms with Crippen LogP contribution >= 0.6 is 0 Å². The minimum absolute atomic E-state index is 0.0972. The number of hydrogen-bond donors (Lipinski definition) is 2. The zero-order chi connectivity index (χ0) is 45.4. The number of hydrogen-bond acceptors (Lipinski definition) is 5. The van der Waals surface area contributed by atoms with Gasteiger partial charge in [0, 0.05) is 26.4 Å². The molecular formula is C49H109F2NO4. The first-order valence-corrected chi connectivity index (χ1v) is 23.2. The highest BCUT2D eigenvalue weighted by molar-refractivity contribution is 4.76. The Bertz CT molecular complexity index is 662. The number of methoxy groups -OCH3 is 1. The Labute approximate surface area is 353 Å². The molecule has 2 N–H and O–H groups in total. The first kappa shape index (κ1) is 67.4. The molecule has 56 heavy (non-hydrogen) atoms. The van der Waals surface area contributed by atoms with E-state index in [1.807, 2.05) is 34.6 Å². The number of ether oxygens (including phenoxy) is 3. The predicted octanol–water partition coefficient (Wildman–Crippen LogP) is 15.4. The first-order chi connectivity index (χ1) is 25.8. The molecule has 0 spiro atoms. The van der Waals surface area contributed by atoms with Gasteiger partial charge >= 0.3 is 6.61 Å².